The summed E-state index contributed by atoms with van der Waals surface area (Å²) in [5.74, 6) is 0.962. The Balaban J connectivity index is 2.77. The highest BCUT2D eigenvalue weighted by Gasteiger charge is 2.15. The van der Waals surface area contributed by atoms with Crippen molar-refractivity contribution >= 4 is 24.2 Å². The van der Waals surface area contributed by atoms with E-state index in [1.807, 2.05) is 24.3 Å². The molecule has 0 aromatic heterocycles. The quantitative estimate of drug-likeness (QED) is 0.722. The first-order valence-corrected chi connectivity index (χ1v) is 8.12. The Morgan fingerprint density at radius 1 is 1.25 bits per heavy atom. The summed E-state index contributed by atoms with van der Waals surface area (Å²) in [6, 6.07) is 7.97. The van der Waals surface area contributed by atoms with Crippen molar-refractivity contribution < 1.29 is 4.43 Å². The van der Waals surface area contributed by atoms with Crippen LogP contribution in [0.2, 0.25) is 19.6 Å². The lowest BCUT2D eigenvalue weighted by Gasteiger charge is -2.18. The summed E-state index contributed by atoms with van der Waals surface area (Å²) < 4.78 is 6.86. The van der Waals surface area contributed by atoms with Gasteiger partial charge in [-0.1, -0.05) is 22.0 Å². The van der Waals surface area contributed by atoms with Gasteiger partial charge in [-0.3, -0.25) is 0 Å². The Kier molecular flexibility index (Phi) is 2.96. The number of rotatable bonds is 2. The van der Waals surface area contributed by atoms with Crippen LogP contribution in [0.1, 0.15) is 0 Å². The fourth-order valence-electron chi connectivity index (χ4n) is 0.884. The SMILES string of the molecule is C[Si](C)(C)Oc1cccc(Br)c1. The molecule has 0 saturated heterocycles. The lowest BCUT2D eigenvalue weighted by atomic mass is 10.3. The van der Waals surface area contributed by atoms with Crippen LogP contribution in [0.3, 0.4) is 0 Å². The van der Waals surface area contributed by atoms with Gasteiger partial charge in [-0.05, 0) is 37.8 Å². The summed E-state index contributed by atoms with van der Waals surface area (Å²) in [4.78, 5) is 0. The minimum absolute atomic E-state index is 0.962. The highest BCUT2D eigenvalue weighted by molar-refractivity contribution is 9.10. The van der Waals surface area contributed by atoms with Crippen LogP contribution in [0, 0.1) is 0 Å². The van der Waals surface area contributed by atoms with Crippen molar-refractivity contribution in [1.82, 2.24) is 0 Å². The van der Waals surface area contributed by atoms with Crippen LogP contribution in [0.25, 0.3) is 0 Å². The highest BCUT2D eigenvalue weighted by Crippen LogP contribution is 2.20. The van der Waals surface area contributed by atoms with Crippen molar-refractivity contribution in [2.45, 2.75) is 19.6 Å². The summed E-state index contributed by atoms with van der Waals surface area (Å²) in [6.45, 7) is 6.52. The number of halogens is 1. The summed E-state index contributed by atoms with van der Waals surface area (Å²) >= 11 is 3.41. The Morgan fingerprint density at radius 2 is 1.92 bits per heavy atom. The molecule has 0 aliphatic heterocycles. The molecule has 1 rings (SSSR count). The fraction of sp³-hybridized carbons (Fsp3) is 0.333. The van der Waals surface area contributed by atoms with E-state index in [0.29, 0.717) is 0 Å². The lowest BCUT2D eigenvalue weighted by Crippen LogP contribution is -2.29. The van der Waals surface area contributed by atoms with Gasteiger partial charge in [-0.2, -0.15) is 0 Å². The van der Waals surface area contributed by atoms with Gasteiger partial charge in [-0.15, -0.1) is 0 Å². The molecular weight excluding hydrogens is 232 g/mol. The van der Waals surface area contributed by atoms with Crippen molar-refractivity contribution in [2.24, 2.45) is 0 Å². The van der Waals surface area contributed by atoms with Gasteiger partial charge in [-0.25, -0.2) is 0 Å². The van der Waals surface area contributed by atoms with E-state index in [2.05, 4.69) is 35.6 Å². The van der Waals surface area contributed by atoms with Crippen LogP contribution >= 0.6 is 15.9 Å². The average Bonchev–Trinajstić information content (AvgIpc) is 1.82. The molecule has 0 bridgehead atoms. The van der Waals surface area contributed by atoms with E-state index in [9.17, 15) is 0 Å². The molecule has 0 atom stereocenters. The van der Waals surface area contributed by atoms with Crippen LogP contribution in [-0.4, -0.2) is 8.32 Å². The Hall–Kier alpha value is -0.283. The summed E-state index contributed by atoms with van der Waals surface area (Å²) in [5.41, 5.74) is 0. The van der Waals surface area contributed by atoms with Crippen molar-refractivity contribution in [2.75, 3.05) is 0 Å². The van der Waals surface area contributed by atoms with E-state index < -0.39 is 8.32 Å². The second-order valence-corrected chi connectivity index (χ2v) is 9.02. The van der Waals surface area contributed by atoms with Crippen LogP contribution in [0.5, 0.6) is 5.75 Å². The first-order chi connectivity index (χ1) is 5.47. The van der Waals surface area contributed by atoms with E-state index >= 15 is 0 Å². The molecule has 0 unspecified atom stereocenters. The summed E-state index contributed by atoms with van der Waals surface area (Å²) in [7, 11) is -1.44. The standard InChI is InChI=1S/C9H13BrOSi/c1-12(2,3)11-9-6-4-5-8(10)7-9/h4-7H,1-3H3. The molecule has 12 heavy (non-hydrogen) atoms. The molecule has 3 heteroatoms. The van der Waals surface area contributed by atoms with Crippen LogP contribution < -0.4 is 4.43 Å². The molecule has 1 aromatic rings. The van der Waals surface area contributed by atoms with Crippen molar-refractivity contribution in [3.63, 3.8) is 0 Å². The largest absolute Gasteiger partial charge is 0.544 e. The van der Waals surface area contributed by atoms with E-state index in [1.54, 1.807) is 0 Å². The fourth-order valence-corrected chi connectivity index (χ4v) is 2.10. The molecule has 0 amide bonds. The topological polar surface area (TPSA) is 9.23 Å². The Bertz CT molecular complexity index is 267. The third-order valence-corrected chi connectivity index (χ3v) is 2.56. The van der Waals surface area contributed by atoms with E-state index in [0.717, 1.165) is 10.2 Å². The lowest BCUT2D eigenvalue weighted by molar-refractivity contribution is 0.557. The van der Waals surface area contributed by atoms with Gasteiger partial charge in [0.05, 0.1) is 0 Å². The maximum absolute atomic E-state index is 5.79. The zero-order valence-corrected chi connectivity index (χ0v) is 10.2. The predicted octanol–water partition coefficient (Wildman–Crippen LogP) is 3.66. The van der Waals surface area contributed by atoms with Gasteiger partial charge in [0.2, 0.25) is 8.32 Å². The van der Waals surface area contributed by atoms with Crippen molar-refractivity contribution in [1.29, 1.82) is 0 Å². The van der Waals surface area contributed by atoms with Crippen LogP contribution in [-0.2, 0) is 0 Å². The van der Waals surface area contributed by atoms with E-state index in [-0.39, 0.29) is 0 Å². The number of hydrogen-bond donors (Lipinski definition) is 0. The molecule has 66 valence electrons. The van der Waals surface area contributed by atoms with Gasteiger partial charge >= 0.3 is 0 Å². The molecule has 0 N–H and O–H groups in total. The zero-order chi connectivity index (χ0) is 9.19. The third kappa shape index (κ3) is 3.41. The van der Waals surface area contributed by atoms with Crippen LogP contribution in [0.15, 0.2) is 28.7 Å². The summed E-state index contributed by atoms with van der Waals surface area (Å²) in [5, 5.41) is 0. The first-order valence-electron chi connectivity index (χ1n) is 3.92. The second kappa shape index (κ2) is 3.62. The highest BCUT2D eigenvalue weighted by atomic mass is 79.9. The molecule has 0 saturated carbocycles. The van der Waals surface area contributed by atoms with Gasteiger partial charge in [0.15, 0.2) is 0 Å². The smallest absolute Gasteiger partial charge is 0.242 e. The maximum Gasteiger partial charge on any atom is 0.242 e. The van der Waals surface area contributed by atoms with E-state index in [4.69, 9.17) is 4.43 Å². The predicted molar refractivity (Wildman–Crippen MR) is 58.1 cm³/mol. The van der Waals surface area contributed by atoms with Gasteiger partial charge < -0.3 is 4.43 Å². The molecule has 0 radical (unpaired) electrons. The minimum Gasteiger partial charge on any atom is -0.544 e. The third-order valence-electron chi connectivity index (χ3n) is 1.22. The zero-order valence-electron chi connectivity index (χ0n) is 7.60. The number of hydrogen-bond acceptors (Lipinski definition) is 1. The molecule has 0 spiro atoms. The molecular formula is C9H13BrOSi. The Morgan fingerprint density at radius 3 is 2.42 bits per heavy atom. The number of benzene rings is 1. The monoisotopic (exact) mass is 244 g/mol. The summed E-state index contributed by atoms with van der Waals surface area (Å²) in [6.07, 6.45) is 0. The molecule has 0 aliphatic rings. The average molecular weight is 245 g/mol. The van der Waals surface area contributed by atoms with Crippen molar-refractivity contribution in [3.05, 3.63) is 28.7 Å². The Labute approximate surface area is 83.0 Å². The van der Waals surface area contributed by atoms with Gasteiger partial charge in [0.25, 0.3) is 0 Å². The van der Waals surface area contributed by atoms with Crippen LogP contribution in [0.4, 0.5) is 0 Å². The molecule has 1 aromatic carbocycles. The molecule has 0 fully saturated rings. The maximum atomic E-state index is 5.79. The van der Waals surface area contributed by atoms with Crippen molar-refractivity contribution in [3.8, 4) is 5.75 Å². The van der Waals surface area contributed by atoms with Gasteiger partial charge in [0.1, 0.15) is 5.75 Å². The minimum atomic E-state index is -1.44. The molecule has 0 heterocycles. The van der Waals surface area contributed by atoms with Gasteiger partial charge in [0, 0.05) is 4.47 Å². The molecule has 0 aliphatic carbocycles. The first kappa shape index (κ1) is 9.80. The second-order valence-electron chi connectivity index (χ2n) is 3.67. The van der Waals surface area contributed by atoms with E-state index in [1.165, 1.54) is 0 Å². The normalized spacial score (nSPS) is 11.3. The molecule has 1 nitrogen and oxygen atoms in total.